The van der Waals surface area contributed by atoms with E-state index in [9.17, 15) is 4.79 Å². The normalized spacial score (nSPS) is 11.1. The maximum atomic E-state index is 11.0. The second kappa shape index (κ2) is 11.3. The zero-order valence-corrected chi connectivity index (χ0v) is 18.4. The number of carboxylic acid groups (broad SMARTS) is 1. The van der Waals surface area contributed by atoms with E-state index >= 15 is 0 Å². The van der Waals surface area contributed by atoms with Crippen LogP contribution < -0.4 is 18.6 Å². The van der Waals surface area contributed by atoms with Gasteiger partial charge in [-0.15, -0.1) is 10.2 Å². The fourth-order valence-electron chi connectivity index (χ4n) is 3.04. The first-order valence-electron chi connectivity index (χ1n) is 9.91. The number of carbonyl (C=O) groups is 1. The molecule has 0 unspecified atom stereocenters. The summed E-state index contributed by atoms with van der Waals surface area (Å²) in [5.74, 6) is 0.644. The molecule has 7 nitrogen and oxygen atoms in total. The lowest BCUT2D eigenvalue weighted by Crippen LogP contribution is -2.68. The second-order valence-corrected chi connectivity index (χ2v) is 7.75. The highest BCUT2D eigenvalue weighted by atomic mass is 35.7. The van der Waals surface area contributed by atoms with E-state index in [1.54, 1.807) is 24.3 Å². The molecule has 172 valence electrons. The van der Waals surface area contributed by atoms with Crippen LogP contribution in [-0.4, -0.2) is 11.1 Å². The minimum absolute atomic E-state index is 0.276. The molecular formula is C26H19ClO7. The highest BCUT2D eigenvalue weighted by Crippen LogP contribution is 2.29. The summed E-state index contributed by atoms with van der Waals surface area (Å²) in [6.45, 7) is 0. The van der Waals surface area contributed by atoms with Gasteiger partial charge in [-0.05, 0) is 47.5 Å². The first kappa shape index (κ1) is 24.8. The zero-order valence-electron chi connectivity index (χ0n) is 17.7. The third kappa shape index (κ3) is 7.93. The summed E-state index contributed by atoms with van der Waals surface area (Å²) in [6, 6.07) is 30.8. The number of halogens is 1. The summed E-state index contributed by atoms with van der Waals surface area (Å²) in [4.78, 5) is 11.0. The summed E-state index contributed by atoms with van der Waals surface area (Å²) in [5, 5.41) is 9.03. The predicted octanol–water partition coefficient (Wildman–Crippen LogP) is 2.01. The second-order valence-electron chi connectivity index (χ2n) is 6.99. The maximum absolute atomic E-state index is 11.0. The Morgan fingerprint density at radius 2 is 1.09 bits per heavy atom. The van der Waals surface area contributed by atoms with Crippen molar-refractivity contribution in [1.29, 1.82) is 0 Å². The van der Waals surface area contributed by atoms with Gasteiger partial charge < -0.3 is 5.11 Å². The van der Waals surface area contributed by atoms with Crippen molar-refractivity contribution in [2.24, 2.45) is 0 Å². The number of hydrogen-bond acceptors (Lipinski definition) is 5. The van der Waals surface area contributed by atoms with Crippen LogP contribution in [0.15, 0.2) is 101 Å². The molecule has 0 bridgehead atoms. The molecule has 0 aliphatic carbocycles. The first-order valence-corrected chi connectivity index (χ1v) is 11.1. The third-order valence-corrected chi connectivity index (χ3v) is 4.56. The van der Waals surface area contributed by atoms with Gasteiger partial charge in [0, 0.05) is 0 Å². The van der Waals surface area contributed by atoms with Crippen molar-refractivity contribution in [1.82, 2.24) is 0 Å². The summed E-state index contributed by atoms with van der Waals surface area (Å²) in [7, 11) is -4.94. The summed E-state index contributed by atoms with van der Waals surface area (Å²) in [5.41, 5.74) is 4.21. The Labute approximate surface area is 197 Å². The molecule has 0 fully saturated rings. The quantitative estimate of drug-likeness (QED) is 0.432. The van der Waals surface area contributed by atoms with Gasteiger partial charge in [0.05, 0.1) is 28.8 Å². The standard InChI is InChI=1S/C26H18O3.ClHO4/c27-26(28)23-15-13-19(14-16-23)11-12-20-17-24(21-7-3-1-4-8-21)29-25(18-20)22-9-5-2-6-10-22;2-1(3,4)5/h1-18H;(H,2,3,4,5)/b12-11+;. The van der Waals surface area contributed by atoms with E-state index in [1.807, 2.05) is 84.9 Å². The Kier molecular flexibility index (Phi) is 8.26. The van der Waals surface area contributed by atoms with E-state index in [0.29, 0.717) is 0 Å². The van der Waals surface area contributed by atoms with E-state index in [4.69, 9.17) is 28.2 Å². The van der Waals surface area contributed by atoms with Gasteiger partial charge in [0.25, 0.3) is 0 Å². The molecule has 34 heavy (non-hydrogen) atoms. The van der Waals surface area contributed by atoms with Crippen molar-refractivity contribution in [3.8, 4) is 22.6 Å². The van der Waals surface area contributed by atoms with Crippen LogP contribution in [0.5, 0.6) is 0 Å². The lowest BCUT2D eigenvalue weighted by molar-refractivity contribution is -2.00. The molecule has 0 spiro atoms. The molecular weight excluding hydrogens is 460 g/mol. The Balaban J connectivity index is 0.000000588. The highest BCUT2D eigenvalue weighted by molar-refractivity contribution is 5.88. The summed E-state index contributed by atoms with van der Waals surface area (Å²) >= 11 is 0. The SMILES string of the molecule is O=C(O)c1ccc(/C=C/c2cc(-c3ccccc3)[o+]c(-c3ccccc3)c2)cc1.[O-][Cl+3]([O-])([O-])[O-]. The molecule has 0 radical (unpaired) electrons. The first-order chi connectivity index (χ1) is 16.2. The van der Waals surface area contributed by atoms with Crippen LogP contribution in [0.25, 0.3) is 34.8 Å². The van der Waals surface area contributed by atoms with Crippen LogP contribution in [0.3, 0.4) is 0 Å². The van der Waals surface area contributed by atoms with Crippen molar-refractivity contribution in [2.75, 3.05) is 0 Å². The Bertz CT molecular complexity index is 1190. The van der Waals surface area contributed by atoms with E-state index < -0.39 is 16.2 Å². The number of aromatic carboxylic acids is 1. The van der Waals surface area contributed by atoms with Crippen LogP contribution >= 0.6 is 0 Å². The largest absolute Gasteiger partial charge is 0.478 e. The monoisotopic (exact) mass is 478 g/mol. The molecule has 0 saturated heterocycles. The molecule has 0 amide bonds. The van der Waals surface area contributed by atoms with Gasteiger partial charge in [-0.25, -0.2) is 27.8 Å². The fourth-order valence-corrected chi connectivity index (χ4v) is 3.04. The molecule has 3 aromatic carbocycles. The molecule has 0 saturated carbocycles. The molecule has 0 aliphatic heterocycles. The van der Waals surface area contributed by atoms with Crippen LogP contribution in [0, 0.1) is 10.2 Å². The van der Waals surface area contributed by atoms with E-state index in [2.05, 4.69) is 0 Å². The number of hydrogen-bond donors (Lipinski definition) is 1. The summed E-state index contributed by atoms with van der Waals surface area (Å²) < 4.78 is 40.2. The van der Waals surface area contributed by atoms with Crippen LogP contribution in [0.4, 0.5) is 0 Å². The fraction of sp³-hybridized carbons (Fsp3) is 0. The third-order valence-electron chi connectivity index (χ3n) is 4.56. The number of rotatable bonds is 5. The maximum Gasteiger partial charge on any atom is 0.361 e. The van der Waals surface area contributed by atoms with Gasteiger partial charge in [0.2, 0.25) is 0 Å². The van der Waals surface area contributed by atoms with E-state index in [1.165, 1.54) is 0 Å². The Morgan fingerprint density at radius 3 is 1.50 bits per heavy atom. The molecule has 4 rings (SSSR count). The topological polar surface area (TPSA) is 141 Å². The van der Waals surface area contributed by atoms with Crippen molar-refractivity contribution >= 4 is 18.1 Å². The summed E-state index contributed by atoms with van der Waals surface area (Å²) in [6.07, 6.45) is 3.97. The van der Waals surface area contributed by atoms with Crippen LogP contribution in [0.1, 0.15) is 21.5 Å². The van der Waals surface area contributed by atoms with Crippen molar-refractivity contribution in [3.63, 3.8) is 0 Å². The Morgan fingerprint density at radius 1 is 0.676 bits per heavy atom. The molecule has 1 aromatic heterocycles. The minimum atomic E-state index is -4.94. The van der Waals surface area contributed by atoms with E-state index in [-0.39, 0.29) is 5.56 Å². The molecule has 8 heteroatoms. The van der Waals surface area contributed by atoms with Crippen molar-refractivity contribution in [3.05, 3.63) is 114 Å². The smallest absolute Gasteiger partial charge is 0.361 e. The molecule has 1 N–H and O–H groups in total. The molecule has 1 heterocycles. The number of carboxylic acids is 1. The van der Waals surface area contributed by atoms with Crippen LogP contribution in [-0.2, 0) is 0 Å². The molecule has 4 aromatic rings. The zero-order chi connectivity index (χ0) is 24.6. The van der Waals surface area contributed by atoms with Gasteiger partial charge in [-0.1, -0.05) is 60.7 Å². The average molecular weight is 479 g/mol. The van der Waals surface area contributed by atoms with Gasteiger partial charge >= 0.3 is 17.5 Å². The van der Waals surface area contributed by atoms with Crippen molar-refractivity contribution in [2.45, 2.75) is 0 Å². The molecule has 0 atom stereocenters. The highest BCUT2D eigenvalue weighted by Gasteiger charge is 2.18. The van der Waals surface area contributed by atoms with Gasteiger partial charge in [-0.3, -0.25) is 0 Å². The van der Waals surface area contributed by atoms with Crippen molar-refractivity contribution < 1.29 is 43.2 Å². The Hall–Kier alpha value is -3.85. The van der Waals surface area contributed by atoms with Crippen LogP contribution in [0.2, 0.25) is 0 Å². The lowest BCUT2D eigenvalue weighted by atomic mass is 10.1. The average Bonchev–Trinajstić information content (AvgIpc) is 2.83. The predicted molar refractivity (Wildman–Crippen MR) is 116 cm³/mol. The number of benzene rings is 3. The van der Waals surface area contributed by atoms with Gasteiger partial charge in [-0.2, -0.15) is 0 Å². The van der Waals surface area contributed by atoms with Gasteiger partial charge in [0.15, 0.2) is 0 Å². The molecule has 0 aliphatic rings. The minimum Gasteiger partial charge on any atom is -0.478 e. The van der Waals surface area contributed by atoms with Gasteiger partial charge in [0.1, 0.15) is 0 Å². The van der Waals surface area contributed by atoms with E-state index in [0.717, 1.165) is 33.8 Å². The lowest BCUT2D eigenvalue weighted by Gasteiger charge is -2.17.